The predicted molar refractivity (Wildman–Crippen MR) is 60.1 cm³/mol. The molecule has 90 valence electrons. The SMILES string of the molecule is CC(C)S(=O)(=O)N1CC(O)CCC1(C)C. The van der Waals surface area contributed by atoms with E-state index < -0.39 is 21.4 Å². The van der Waals surface area contributed by atoms with Crippen molar-refractivity contribution in [2.45, 2.75) is 57.4 Å². The number of hydrogen-bond donors (Lipinski definition) is 1. The molecule has 4 nitrogen and oxygen atoms in total. The maximum atomic E-state index is 12.1. The van der Waals surface area contributed by atoms with Gasteiger partial charge in [0.05, 0.1) is 11.4 Å². The summed E-state index contributed by atoms with van der Waals surface area (Å²) in [4.78, 5) is 0. The van der Waals surface area contributed by atoms with Gasteiger partial charge in [-0.25, -0.2) is 8.42 Å². The van der Waals surface area contributed by atoms with Crippen LogP contribution in [-0.4, -0.2) is 41.3 Å². The lowest BCUT2D eigenvalue weighted by molar-refractivity contribution is 0.0476. The third-order valence-electron chi connectivity index (χ3n) is 3.04. The molecule has 1 saturated heterocycles. The van der Waals surface area contributed by atoms with Crippen LogP contribution in [0.1, 0.15) is 40.5 Å². The van der Waals surface area contributed by atoms with Gasteiger partial charge < -0.3 is 5.11 Å². The number of aliphatic hydroxyl groups is 1. The Morgan fingerprint density at radius 3 is 2.40 bits per heavy atom. The van der Waals surface area contributed by atoms with Crippen LogP contribution < -0.4 is 0 Å². The predicted octanol–water partition coefficient (Wildman–Crippen LogP) is 0.960. The molecule has 0 aliphatic carbocycles. The summed E-state index contributed by atoms with van der Waals surface area (Å²) in [6.07, 6.45) is 0.864. The maximum absolute atomic E-state index is 12.1. The number of hydrogen-bond acceptors (Lipinski definition) is 3. The second kappa shape index (κ2) is 4.03. The number of nitrogens with zero attached hydrogens (tertiary/aromatic N) is 1. The highest BCUT2D eigenvalue weighted by molar-refractivity contribution is 7.89. The summed E-state index contributed by atoms with van der Waals surface area (Å²) in [6, 6.07) is 0. The highest BCUT2D eigenvalue weighted by atomic mass is 32.2. The molecule has 0 aromatic heterocycles. The van der Waals surface area contributed by atoms with E-state index in [1.54, 1.807) is 13.8 Å². The van der Waals surface area contributed by atoms with Crippen LogP contribution in [0.3, 0.4) is 0 Å². The summed E-state index contributed by atoms with van der Waals surface area (Å²) < 4.78 is 25.6. The molecule has 0 saturated carbocycles. The molecule has 1 heterocycles. The van der Waals surface area contributed by atoms with E-state index >= 15 is 0 Å². The minimum atomic E-state index is -3.27. The van der Waals surface area contributed by atoms with Gasteiger partial charge in [0.15, 0.2) is 0 Å². The van der Waals surface area contributed by atoms with E-state index in [9.17, 15) is 13.5 Å². The second-order valence-electron chi connectivity index (χ2n) is 5.13. The first-order valence-corrected chi connectivity index (χ1v) is 6.88. The molecular formula is C10H21NO3S. The molecular weight excluding hydrogens is 214 g/mol. The Labute approximate surface area is 92.3 Å². The zero-order chi connectivity index (χ0) is 11.9. The van der Waals surface area contributed by atoms with E-state index in [1.165, 1.54) is 4.31 Å². The van der Waals surface area contributed by atoms with Gasteiger partial charge in [-0.3, -0.25) is 0 Å². The first kappa shape index (κ1) is 12.9. The van der Waals surface area contributed by atoms with Gasteiger partial charge in [-0.2, -0.15) is 4.31 Å². The Morgan fingerprint density at radius 2 is 1.93 bits per heavy atom. The Hall–Kier alpha value is -0.130. The summed E-state index contributed by atoms with van der Waals surface area (Å²) in [5.74, 6) is 0. The summed E-state index contributed by atoms with van der Waals surface area (Å²) in [6.45, 7) is 7.41. The van der Waals surface area contributed by atoms with E-state index in [1.807, 2.05) is 13.8 Å². The van der Waals surface area contributed by atoms with Gasteiger partial charge in [0.1, 0.15) is 0 Å². The average Bonchev–Trinajstić information content (AvgIpc) is 2.09. The summed E-state index contributed by atoms with van der Waals surface area (Å²) in [7, 11) is -3.27. The van der Waals surface area contributed by atoms with Crippen molar-refractivity contribution in [1.82, 2.24) is 4.31 Å². The normalized spacial score (nSPS) is 28.3. The quantitative estimate of drug-likeness (QED) is 0.775. The lowest BCUT2D eigenvalue weighted by atomic mass is 9.92. The highest BCUT2D eigenvalue weighted by Gasteiger charge is 2.41. The number of rotatable bonds is 2. The van der Waals surface area contributed by atoms with Crippen molar-refractivity contribution >= 4 is 10.0 Å². The molecule has 1 aliphatic rings. The second-order valence-corrected chi connectivity index (χ2v) is 7.54. The van der Waals surface area contributed by atoms with E-state index in [2.05, 4.69) is 0 Å². The minimum Gasteiger partial charge on any atom is -0.392 e. The zero-order valence-corrected chi connectivity index (χ0v) is 10.7. The summed E-state index contributed by atoms with van der Waals surface area (Å²) in [5.41, 5.74) is -0.373. The van der Waals surface area contributed by atoms with Crippen LogP contribution in [0.25, 0.3) is 0 Å². The molecule has 0 radical (unpaired) electrons. The molecule has 1 rings (SSSR count). The largest absolute Gasteiger partial charge is 0.392 e. The molecule has 1 aliphatic heterocycles. The van der Waals surface area contributed by atoms with Crippen LogP contribution in [0.4, 0.5) is 0 Å². The van der Waals surface area contributed by atoms with Crippen molar-refractivity contribution in [3.05, 3.63) is 0 Å². The van der Waals surface area contributed by atoms with Gasteiger partial charge >= 0.3 is 0 Å². The Balaban J connectivity index is 3.00. The van der Waals surface area contributed by atoms with Crippen molar-refractivity contribution in [3.8, 4) is 0 Å². The van der Waals surface area contributed by atoms with Gasteiger partial charge in [-0.15, -0.1) is 0 Å². The van der Waals surface area contributed by atoms with Crippen molar-refractivity contribution < 1.29 is 13.5 Å². The standard InChI is InChI=1S/C10H21NO3S/c1-8(2)15(13,14)11-7-9(12)5-6-10(11,3)4/h8-9,12H,5-7H2,1-4H3. The number of β-amino-alcohol motifs (C(OH)–C–C–N with tert-alkyl or cyclic N) is 1. The third kappa shape index (κ3) is 2.52. The Morgan fingerprint density at radius 1 is 1.40 bits per heavy atom. The topological polar surface area (TPSA) is 57.6 Å². The molecule has 0 aromatic carbocycles. The number of aliphatic hydroxyl groups excluding tert-OH is 1. The molecule has 0 bridgehead atoms. The number of sulfonamides is 1. The van der Waals surface area contributed by atoms with Crippen LogP contribution in [0, 0.1) is 0 Å². The van der Waals surface area contributed by atoms with Gasteiger partial charge in [-0.1, -0.05) is 0 Å². The highest BCUT2D eigenvalue weighted by Crippen LogP contribution is 2.31. The number of piperidine rings is 1. The molecule has 5 heteroatoms. The van der Waals surface area contributed by atoms with Crippen molar-refractivity contribution in [2.24, 2.45) is 0 Å². The maximum Gasteiger partial charge on any atom is 0.217 e. The monoisotopic (exact) mass is 235 g/mol. The Kier molecular flexibility index (Phi) is 3.48. The lowest BCUT2D eigenvalue weighted by Crippen LogP contribution is -2.56. The fraction of sp³-hybridized carbons (Fsp3) is 1.00. The van der Waals surface area contributed by atoms with Gasteiger partial charge in [0.25, 0.3) is 0 Å². The smallest absolute Gasteiger partial charge is 0.217 e. The van der Waals surface area contributed by atoms with Crippen LogP contribution in [-0.2, 0) is 10.0 Å². The molecule has 1 unspecified atom stereocenters. The average molecular weight is 235 g/mol. The van der Waals surface area contributed by atoms with E-state index in [4.69, 9.17) is 0 Å². The fourth-order valence-electron chi connectivity index (χ4n) is 1.88. The molecule has 0 amide bonds. The minimum absolute atomic E-state index is 0.230. The van der Waals surface area contributed by atoms with Crippen molar-refractivity contribution in [2.75, 3.05) is 6.54 Å². The first-order valence-electron chi connectivity index (χ1n) is 5.37. The van der Waals surface area contributed by atoms with Gasteiger partial charge in [0, 0.05) is 12.1 Å². The lowest BCUT2D eigenvalue weighted by Gasteiger charge is -2.43. The molecule has 0 aromatic rings. The van der Waals surface area contributed by atoms with Crippen LogP contribution >= 0.6 is 0 Å². The van der Waals surface area contributed by atoms with E-state index in [0.29, 0.717) is 12.8 Å². The molecule has 15 heavy (non-hydrogen) atoms. The Bertz CT molecular complexity index is 322. The summed E-state index contributed by atoms with van der Waals surface area (Å²) >= 11 is 0. The first-order chi connectivity index (χ1) is 6.68. The van der Waals surface area contributed by atoms with Crippen LogP contribution in [0.15, 0.2) is 0 Å². The molecule has 1 fully saturated rings. The molecule has 0 spiro atoms. The van der Waals surface area contributed by atoms with E-state index in [0.717, 1.165) is 0 Å². The molecule has 1 atom stereocenters. The fourth-order valence-corrected chi connectivity index (χ4v) is 3.55. The third-order valence-corrected chi connectivity index (χ3v) is 5.49. The zero-order valence-electron chi connectivity index (χ0n) is 9.90. The van der Waals surface area contributed by atoms with Crippen molar-refractivity contribution in [1.29, 1.82) is 0 Å². The van der Waals surface area contributed by atoms with E-state index in [-0.39, 0.29) is 12.1 Å². The van der Waals surface area contributed by atoms with Crippen LogP contribution in [0.5, 0.6) is 0 Å². The molecule has 1 N–H and O–H groups in total. The van der Waals surface area contributed by atoms with Gasteiger partial charge in [0.2, 0.25) is 10.0 Å². The summed E-state index contributed by atoms with van der Waals surface area (Å²) in [5, 5.41) is 9.12. The van der Waals surface area contributed by atoms with Crippen LogP contribution in [0.2, 0.25) is 0 Å². The van der Waals surface area contributed by atoms with Crippen molar-refractivity contribution in [3.63, 3.8) is 0 Å². The van der Waals surface area contributed by atoms with Gasteiger partial charge in [-0.05, 0) is 40.5 Å².